The van der Waals surface area contributed by atoms with Crippen molar-refractivity contribution in [2.24, 2.45) is 0 Å². The van der Waals surface area contributed by atoms with E-state index in [1.54, 1.807) is 18.3 Å². The minimum Gasteiger partial charge on any atom is -0.372 e. The Hall–Kier alpha value is -2.56. The molecule has 2 aromatic rings. The van der Waals surface area contributed by atoms with Crippen LogP contribution in [0.25, 0.3) is 0 Å². The summed E-state index contributed by atoms with van der Waals surface area (Å²) in [5.74, 6) is 0.523. The van der Waals surface area contributed by atoms with Crippen LogP contribution in [0.1, 0.15) is 23.2 Å². The van der Waals surface area contributed by atoms with E-state index in [1.165, 1.54) is 18.5 Å². The van der Waals surface area contributed by atoms with Crippen LogP contribution < -0.4 is 15.1 Å². The first kappa shape index (κ1) is 15.3. The Kier molecular flexibility index (Phi) is 4.46. The van der Waals surface area contributed by atoms with Crippen molar-refractivity contribution in [1.82, 2.24) is 4.98 Å². The highest BCUT2D eigenvalue weighted by atomic mass is 16.1. The van der Waals surface area contributed by atoms with Gasteiger partial charge in [-0.25, -0.2) is 4.98 Å². The number of anilines is 3. The summed E-state index contributed by atoms with van der Waals surface area (Å²) in [6, 6.07) is 11.6. The molecule has 0 aliphatic carbocycles. The van der Waals surface area contributed by atoms with E-state index >= 15 is 0 Å². The van der Waals surface area contributed by atoms with E-state index in [0.717, 1.165) is 18.8 Å². The summed E-state index contributed by atoms with van der Waals surface area (Å²) in [4.78, 5) is 21.0. The molecule has 0 unspecified atom stereocenters. The maximum absolute atomic E-state index is 12.5. The number of hydrogen-bond acceptors (Lipinski definition) is 4. The summed E-state index contributed by atoms with van der Waals surface area (Å²) in [7, 11) is 3.76. The van der Waals surface area contributed by atoms with Gasteiger partial charge in [-0.2, -0.15) is 0 Å². The molecule has 23 heavy (non-hydrogen) atoms. The number of amides is 1. The first-order valence-corrected chi connectivity index (χ1v) is 7.94. The second-order valence-electron chi connectivity index (χ2n) is 5.96. The van der Waals surface area contributed by atoms with Gasteiger partial charge in [-0.05, 0) is 49.2 Å². The van der Waals surface area contributed by atoms with Crippen molar-refractivity contribution < 1.29 is 4.79 Å². The van der Waals surface area contributed by atoms with Gasteiger partial charge in [0, 0.05) is 44.8 Å². The molecular formula is C18H22N4O. The van der Waals surface area contributed by atoms with Crippen LogP contribution in [0.2, 0.25) is 0 Å². The largest absolute Gasteiger partial charge is 0.372 e. The molecule has 1 saturated heterocycles. The third kappa shape index (κ3) is 3.44. The van der Waals surface area contributed by atoms with Crippen molar-refractivity contribution in [2.45, 2.75) is 12.8 Å². The highest BCUT2D eigenvalue weighted by Crippen LogP contribution is 2.23. The smallest absolute Gasteiger partial charge is 0.259 e. The summed E-state index contributed by atoms with van der Waals surface area (Å²) >= 11 is 0. The highest BCUT2D eigenvalue weighted by molar-refractivity contribution is 6.07. The molecule has 5 nitrogen and oxygen atoms in total. The number of hydrogen-bond donors (Lipinski definition) is 1. The second-order valence-corrected chi connectivity index (χ2v) is 5.96. The SMILES string of the molecule is CN(C)c1ncccc1C(=O)Nc1ccc(N2CCCC2)cc1. The van der Waals surface area contributed by atoms with E-state index in [9.17, 15) is 4.79 Å². The average molecular weight is 310 g/mol. The standard InChI is InChI=1S/C18H22N4O/c1-21(2)17-16(6-5-11-19-17)18(23)20-14-7-9-15(10-8-14)22-12-3-4-13-22/h5-11H,3-4,12-13H2,1-2H3,(H,20,23). The maximum atomic E-state index is 12.5. The predicted octanol–water partition coefficient (Wildman–Crippen LogP) is 3.00. The molecule has 1 N–H and O–H groups in total. The van der Waals surface area contributed by atoms with Crippen LogP contribution in [0.5, 0.6) is 0 Å². The van der Waals surface area contributed by atoms with Crippen LogP contribution in [-0.4, -0.2) is 38.1 Å². The van der Waals surface area contributed by atoms with Gasteiger partial charge in [-0.1, -0.05) is 0 Å². The van der Waals surface area contributed by atoms with Crippen LogP contribution in [0.3, 0.4) is 0 Å². The van der Waals surface area contributed by atoms with E-state index in [-0.39, 0.29) is 5.91 Å². The first-order valence-electron chi connectivity index (χ1n) is 7.94. The van der Waals surface area contributed by atoms with Crippen LogP contribution in [0.4, 0.5) is 17.2 Å². The molecule has 0 spiro atoms. The minimum atomic E-state index is -0.143. The van der Waals surface area contributed by atoms with Gasteiger partial charge in [0.2, 0.25) is 0 Å². The topological polar surface area (TPSA) is 48.5 Å². The lowest BCUT2D eigenvalue weighted by molar-refractivity contribution is 0.102. The van der Waals surface area contributed by atoms with Gasteiger partial charge in [-0.15, -0.1) is 0 Å². The Morgan fingerprint density at radius 2 is 1.83 bits per heavy atom. The van der Waals surface area contributed by atoms with Crippen LogP contribution >= 0.6 is 0 Å². The molecule has 5 heteroatoms. The van der Waals surface area contributed by atoms with Crippen molar-refractivity contribution in [3.05, 3.63) is 48.2 Å². The summed E-state index contributed by atoms with van der Waals surface area (Å²) < 4.78 is 0. The lowest BCUT2D eigenvalue weighted by atomic mass is 10.2. The lowest BCUT2D eigenvalue weighted by Crippen LogP contribution is -2.20. The van der Waals surface area contributed by atoms with E-state index < -0.39 is 0 Å². The number of carbonyl (C=O) groups excluding carboxylic acids is 1. The Bertz CT molecular complexity index is 676. The zero-order chi connectivity index (χ0) is 16.2. The maximum Gasteiger partial charge on any atom is 0.259 e. The minimum absolute atomic E-state index is 0.143. The molecule has 3 rings (SSSR count). The molecular weight excluding hydrogens is 288 g/mol. The van der Waals surface area contributed by atoms with Gasteiger partial charge in [0.1, 0.15) is 5.82 Å². The molecule has 1 aromatic carbocycles. The van der Waals surface area contributed by atoms with Crippen molar-refractivity contribution in [3.8, 4) is 0 Å². The molecule has 0 saturated carbocycles. The van der Waals surface area contributed by atoms with Gasteiger partial charge in [0.05, 0.1) is 5.56 Å². The van der Waals surface area contributed by atoms with E-state index in [4.69, 9.17) is 0 Å². The van der Waals surface area contributed by atoms with Gasteiger partial charge < -0.3 is 15.1 Å². The molecule has 0 radical (unpaired) electrons. The fourth-order valence-corrected chi connectivity index (χ4v) is 2.86. The van der Waals surface area contributed by atoms with Crippen LogP contribution in [0.15, 0.2) is 42.6 Å². The number of carbonyl (C=O) groups is 1. The molecule has 120 valence electrons. The van der Waals surface area contributed by atoms with Crippen LogP contribution in [-0.2, 0) is 0 Å². The third-order valence-electron chi connectivity index (χ3n) is 4.05. The van der Waals surface area contributed by atoms with Crippen molar-refractivity contribution >= 4 is 23.1 Å². The zero-order valence-corrected chi connectivity index (χ0v) is 13.6. The predicted molar refractivity (Wildman–Crippen MR) is 94.4 cm³/mol. The van der Waals surface area contributed by atoms with Gasteiger partial charge >= 0.3 is 0 Å². The van der Waals surface area contributed by atoms with E-state index in [1.807, 2.05) is 31.1 Å². The number of nitrogens with zero attached hydrogens (tertiary/aromatic N) is 3. The van der Waals surface area contributed by atoms with Gasteiger partial charge in [0.25, 0.3) is 5.91 Å². The second kappa shape index (κ2) is 6.69. The molecule has 0 atom stereocenters. The average Bonchev–Trinajstić information content (AvgIpc) is 3.10. The van der Waals surface area contributed by atoms with Crippen molar-refractivity contribution in [2.75, 3.05) is 42.3 Å². The molecule has 1 aliphatic rings. The Morgan fingerprint density at radius 1 is 1.13 bits per heavy atom. The number of pyridine rings is 1. The fraction of sp³-hybridized carbons (Fsp3) is 0.333. The van der Waals surface area contributed by atoms with Gasteiger partial charge in [-0.3, -0.25) is 4.79 Å². The summed E-state index contributed by atoms with van der Waals surface area (Å²) in [5.41, 5.74) is 2.59. The molecule has 2 heterocycles. The Balaban J connectivity index is 1.73. The molecule has 1 amide bonds. The van der Waals surface area contributed by atoms with Crippen molar-refractivity contribution in [3.63, 3.8) is 0 Å². The third-order valence-corrected chi connectivity index (χ3v) is 4.05. The number of nitrogens with one attached hydrogen (secondary N) is 1. The summed E-state index contributed by atoms with van der Waals surface area (Å²) in [5, 5.41) is 2.95. The normalized spacial score (nSPS) is 13.9. The quantitative estimate of drug-likeness (QED) is 0.943. The number of aromatic nitrogens is 1. The lowest BCUT2D eigenvalue weighted by Gasteiger charge is -2.18. The molecule has 1 fully saturated rings. The zero-order valence-electron chi connectivity index (χ0n) is 13.6. The summed E-state index contributed by atoms with van der Waals surface area (Å²) in [6.07, 6.45) is 4.20. The number of rotatable bonds is 4. The van der Waals surface area contributed by atoms with E-state index in [2.05, 4.69) is 27.3 Å². The molecule has 0 bridgehead atoms. The van der Waals surface area contributed by atoms with Crippen LogP contribution in [0, 0.1) is 0 Å². The van der Waals surface area contributed by atoms with Gasteiger partial charge in [0.15, 0.2) is 0 Å². The molecule has 1 aromatic heterocycles. The highest BCUT2D eigenvalue weighted by Gasteiger charge is 2.15. The first-order chi connectivity index (χ1) is 11.1. The summed E-state index contributed by atoms with van der Waals surface area (Å²) in [6.45, 7) is 2.24. The molecule has 1 aliphatic heterocycles. The van der Waals surface area contributed by atoms with E-state index in [0.29, 0.717) is 11.4 Å². The number of benzene rings is 1. The van der Waals surface area contributed by atoms with Crippen molar-refractivity contribution in [1.29, 1.82) is 0 Å². The fourth-order valence-electron chi connectivity index (χ4n) is 2.86. The monoisotopic (exact) mass is 310 g/mol. The Morgan fingerprint density at radius 3 is 2.48 bits per heavy atom. The Labute approximate surface area is 136 Å².